The normalized spacial score (nSPS) is 18.8. The number of piperazine rings is 1. The van der Waals surface area contributed by atoms with Crippen molar-refractivity contribution in [1.82, 2.24) is 10.2 Å². The highest BCUT2D eigenvalue weighted by atomic mass is 35.5. The molecule has 0 bridgehead atoms. The van der Waals surface area contributed by atoms with E-state index in [-0.39, 0.29) is 11.9 Å². The van der Waals surface area contributed by atoms with Crippen molar-refractivity contribution in [2.75, 3.05) is 32.8 Å². The summed E-state index contributed by atoms with van der Waals surface area (Å²) in [5.74, 6) is 0.182. The van der Waals surface area contributed by atoms with E-state index in [4.69, 9.17) is 16.3 Å². The number of benzene rings is 1. The van der Waals surface area contributed by atoms with E-state index in [9.17, 15) is 4.79 Å². The lowest BCUT2D eigenvalue weighted by molar-refractivity contribution is -0.134. The molecule has 116 valence electrons. The quantitative estimate of drug-likeness (QED) is 0.821. The van der Waals surface area contributed by atoms with Crippen LogP contribution >= 0.6 is 11.6 Å². The minimum Gasteiger partial charge on any atom is -0.382 e. The first-order valence-electron chi connectivity index (χ1n) is 7.56. The van der Waals surface area contributed by atoms with E-state index in [2.05, 4.69) is 5.32 Å². The van der Waals surface area contributed by atoms with E-state index in [1.807, 2.05) is 36.1 Å². The maximum atomic E-state index is 12.5. The molecular weight excluding hydrogens is 288 g/mol. The third-order valence-electron chi connectivity index (χ3n) is 3.71. The molecule has 0 spiro atoms. The monoisotopic (exact) mass is 310 g/mol. The summed E-state index contributed by atoms with van der Waals surface area (Å²) in [5.41, 5.74) is 1.02. The van der Waals surface area contributed by atoms with Crippen LogP contribution in [0.3, 0.4) is 0 Å². The number of nitrogens with zero attached hydrogens (tertiary/aromatic N) is 1. The fourth-order valence-electron chi connectivity index (χ4n) is 2.64. The number of hydrogen-bond donors (Lipinski definition) is 1. The van der Waals surface area contributed by atoms with Gasteiger partial charge in [0.1, 0.15) is 0 Å². The predicted molar refractivity (Wildman–Crippen MR) is 84.5 cm³/mol. The summed E-state index contributed by atoms with van der Waals surface area (Å²) in [4.78, 5) is 14.4. The predicted octanol–water partition coefficient (Wildman–Crippen LogP) is 2.63. The van der Waals surface area contributed by atoms with Crippen LogP contribution in [0.25, 0.3) is 0 Å². The molecule has 0 radical (unpaired) electrons. The molecule has 4 nitrogen and oxygen atoms in total. The fourth-order valence-corrected chi connectivity index (χ4v) is 2.90. The lowest BCUT2D eigenvalue weighted by Crippen LogP contribution is -2.48. The Morgan fingerprint density at radius 1 is 1.48 bits per heavy atom. The third kappa shape index (κ3) is 4.43. The summed E-state index contributed by atoms with van der Waals surface area (Å²) >= 11 is 6.29. The van der Waals surface area contributed by atoms with Crippen molar-refractivity contribution in [2.24, 2.45) is 0 Å². The first-order chi connectivity index (χ1) is 10.2. The molecule has 1 saturated heterocycles. The lowest BCUT2D eigenvalue weighted by atomic mass is 10.0. The molecule has 0 saturated carbocycles. The van der Waals surface area contributed by atoms with Crippen LogP contribution in [0, 0.1) is 0 Å². The van der Waals surface area contributed by atoms with Crippen molar-refractivity contribution >= 4 is 17.5 Å². The van der Waals surface area contributed by atoms with E-state index in [1.165, 1.54) is 0 Å². The fraction of sp³-hybridized carbons (Fsp3) is 0.562. The number of carbonyl (C=O) groups is 1. The van der Waals surface area contributed by atoms with Gasteiger partial charge in [0.15, 0.2) is 0 Å². The first-order valence-corrected chi connectivity index (χ1v) is 7.94. The summed E-state index contributed by atoms with van der Waals surface area (Å²) in [7, 11) is 0. The van der Waals surface area contributed by atoms with Crippen molar-refractivity contribution < 1.29 is 9.53 Å². The first kappa shape index (κ1) is 16.3. The minimum atomic E-state index is 0.0204. The van der Waals surface area contributed by atoms with Crippen molar-refractivity contribution in [2.45, 2.75) is 25.8 Å². The molecule has 1 aromatic rings. The Labute approximate surface area is 131 Å². The van der Waals surface area contributed by atoms with E-state index < -0.39 is 0 Å². The van der Waals surface area contributed by atoms with Crippen LogP contribution in [0.2, 0.25) is 5.02 Å². The Morgan fingerprint density at radius 2 is 2.29 bits per heavy atom. The van der Waals surface area contributed by atoms with Gasteiger partial charge in [-0.3, -0.25) is 4.79 Å². The van der Waals surface area contributed by atoms with Crippen LogP contribution in [-0.2, 0) is 9.53 Å². The molecule has 0 aliphatic carbocycles. The maximum absolute atomic E-state index is 12.5. The molecule has 0 aromatic heterocycles. The smallest absolute Gasteiger partial charge is 0.223 e. The molecule has 1 aliphatic rings. The van der Waals surface area contributed by atoms with Crippen LogP contribution in [-0.4, -0.2) is 43.7 Å². The van der Waals surface area contributed by atoms with Gasteiger partial charge in [-0.2, -0.15) is 0 Å². The largest absolute Gasteiger partial charge is 0.382 e. The summed E-state index contributed by atoms with van der Waals surface area (Å²) < 4.78 is 5.30. The van der Waals surface area contributed by atoms with Crippen molar-refractivity contribution in [3.05, 3.63) is 34.9 Å². The highest BCUT2D eigenvalue weighted by Crippen LogP contribution is 2.28. The molecule has 1 aromatic carbocycles. The maximum Gasteiger partial charge on any atom is 0.223 e. The summed E-state index contributed by atoms with van der Waals surface area (Å²) in [6, 6.07) is 7.78. The lowest BCUT2D eigenvalue weighted by Gasteiger charge is -2.37. The Bertz CT molecular complexity index is 467. The molecule has 1 aliphatic heterocycles. The molecule has 1 fully saturated rings. The second kappa shape index (κ2) is 8.37. The molecule has 1 atom stereocenters. The Hall–Kier alpha value is -1.10. The average molecular weight is 311 g/mol. The Kier molecular flexibility index (Phi) is 6.49. The minimum absolute atomic E-state index is 0.0204. The highest BCUT2D eigenvalue weighted by molar-refractivity contribution is 6.31. The van der Waals surface area contributed by atoms with Crippen molar-refractivity contribution in [3.63, 3.8) is 0 Å². The molecule has 1 heterocycles. The van der Waals surface area contributed by atoms with Crippen molar-refractivity contribution in [3.8, 4) is 0 Å². The van der Waals surface area contributed by atoms with Crippen LogP contribution in [0.1, 0.15) is 31.4 Å². The van der Waals surface area contributed by atoms with Gasteiger partial charge < -0.3 is 15.0 Å². The van der Waals surface area contributed by atoms with Gasteiger partial charge in [0.05, 0.1) is 6.04 Å². The highest BCUT2D eigenvalue weighted by Gasteiger charge is 2.28. The molecule has 21 heavy (non-hydrogen) atoms. The van der Waals surface area contributed by atoms with Crippen LogP contribution in [0.15, 0.2) is 24.3 Å². The molecule has 2 rings (SSSR count). The Morgan fingerprint density at radius 3 is 3.05 bits per heavy atom. The van der Waals surface area contributed by atoms with Crippen LogP contribution < -0.4 is 5.32 Å². The molecular formula is C16H23ClN2O2. The number of hydrogen-bond acceptors (Lipinski definition) is 3. The third-order valence-corrected chi connectivity index (χ3v) is 4.06. The number of nitrogens with one attached hydrogen (secondary N) is 1. The van der Waals surface area contributed by atoms with E-state index in [0.717, 1.165) is 36.6 Å². The van der Waals surface area contributed by atoms with Gasteiger partial charge in [-0.15, -0.1) is 0 Å². The summed E-state index contributed by atoms with van der Waals surface area (Å²) in [6.07, 6.45) is 1.30. The van der Waals surface area contributed by atoms with Gasteiger partial charge in [-0.05, 0) is 25.0 Å². The van der Waals surface area contributed by atoms with Gasteiger partial charge in [0.25, 0.3) is 0 Å². The van der Waals surface area contributed by atoms with Crippen molar-refractivity contribution in [1.29, 1.82) is 0 Å². The van der Waals surface area contributed by atoms with Gasteiger partial charge in [0, 0.05) is 44.3 Å². The zero-order valence-corrected chi connectivity index (χ0v) is 13.2. The number of ether oxygens (including phenoxy) is 1. The van der Waals surface area contributed by atoms with Gasteiger partial charge in [-0.1, -0.05) is 29.8 Å². The zero-order chi connectivity index (χ0) is 15.1. The number of rotatable bonds is 6. The second-order valence-corrected chi connectivity index (χ2v) is 5.54. The van der Waals surface area contributed by atoms with Crippen LogP contribution in [0.4, 0.5) is 0 Å². The topological polar surface area (TPSA) is 41.6 Å². The second-order valence-electron chi connectivity index (χ2n) is 5.13. The average Bonchev–Trinajstić information content (AvgIpc) is 2.52. The van der Waals surface area contributed by atoms with E-state index in [0.29, 0.717) is 19.6 Å². The zero-order valence-electron chi connectivity index (χ0n) is 12.5. The molecule has 1 unspecified atom stereocenters. The SMILES string of the molecule is CCOCCCC(=O)N1CCNCC1c1ccccc1Cl. The number of amides is 1. The molecule has 1 amide bonds. The standard InChI is InChI=1S/C16H23ClN2O2/c1-2-21-11-5-8-16(20)19-10-9-18-12-15(19)13-6-3-4-7-14(13)17/h3-4,6-7,15,18H,2,5,8-12H2,1H3. The summed E-state index contributed by atoms with van der Waals surface area (Å²) in [5, 5.41) is 4.07. The number of carbonyl (C=O) groups excluding carboxylic acids is 1. The van der Waals surface area contributed by atoms with Crippen LogP contribution in [0.5, 0.6) is 0 Å². The molecule has 5 heteroatoms. The van der Waals surface area contributed by atoms with Gasteiger partial charge in [0.2, 0.25) is 5.91 Å². The summed E-state index contributed by atoms with van der Waals surface area (Å²) in [6.45, 7) is 5.61. The van der Waals surface area contributed by atoms with E-state index in [1.54, 1.807) is 0 Å². The van der Waals surface area contributed by atoms with Gasteiger partial charge >= 0.3 is 0 Å². The Balaban J connectivity index is 2.02. The van der Waals surface area contributed by atoms with E-state index >= 15 is 0 Å². The van der Waals surface area contributed by atoms with Gasteiger partial charge in [-0.25, -0.2) is 0 Å². The number of halogens is 1. The molecule has 1 N–H and O–H groups in total.